The first-order chi connectivity index (χ1) is 12.5. The molecule has 1 aromatic carbocycles. The average Bonchev–Trinajstić information content (AvgIpc) is 3.37. The number of halogens is 2. The van der Waals surface area contributed by atoms with Crippen LogP contribution in [0, 0.1) is 0 Å². The van der Waals surface area contributed by atoms with Gasteiger partial charge in [0.2, 0.25) is 0 Å². The zero-order valence-electron chi connectivity index (χ0n) is 14.6. The molecule has 6 nitrogen and oxygen atoms in total. The Morgan fingerprint density at radius 3 is 2.88 bits per heavy atom. The van der Waals surface area contributed by atoms with Crippen molar-refractivity contribution in [3.05, 3.63) is 39.8 Å². The van der Waals surface area contributed by atoms with Crippen molar-refractivity contribution < 1.29 is 4.79 Å². The summed E-state index contributed by atoms with van der Waals surface area (Å²) in [4.78, 5) is 16.5. The summed E-state index contributed by atoms with van der Waals surface area (Å²) >= 11 is 9.71. The van der Waals surface area contributed by atoms with Gasteiger partial charge in [0.15, 0.2) is 0 Å². The Morgan fingerprint density at radius 2 is 2.15 bits per heavy atom. The number of urea groups is 1. The minimum Gasteiger partial charge on any atom is -0.324 e. The van der Waals surface area contributed by atoms with Crippen LogP contribution in [0.4, 0.5) is 10.5 Å². The van der Waals surface area contributed by atoms with E-state index in [0.29, 0.717) is 23.3 Å². The summed E-state index contributed by atoms with van der Waals surface area (Å²) in [5.74, 6) is 1.26. The topological polar surface area (TPSA) is 54.3 Å². The number of aromatic nitrogens is 3. The molecular weight excluding hydrogens is 418 g/mol. The molecule has 0 spiro atoms. The van der Waals surface area contributed by atoms with Gasteiger partial charge in [0.25, 0.3) is 0 Å². The maximum atomic E-state index is 13.0. The van der Waals surface area contributed by atoms with Crippen molar-refractivity contribution in [3.8, 4) is 0 Å². The molecule has 0 unspecified atom stereocenters. The van der Waals surface area contributed by atoms with Crippen molar-refractivity contribution in [2.45, 2.75) is 37.6 Å². The molecule has 2 aromatic rings. The number of benzene rings is 1. The van der Waals surface area contributed by atoms with Crippen molar-refractivity contribution in [2.24, 2.45) is 0 Å². The smallest absolute Gasteiger partial charge is 0.324 e. The van der Waals surface area contributed by atoms with Crippen LogP contribution in [0.1, 0.15) is 43.5 Å². The maximum Gasteiger partial charge on any atom is 0.324 e. The minimum atomic E-state index is -0.0311. The maximum absolute atomic E-state index is 13.0. The highest BCUT2D eigenvalue weighted by Crippen LogP contribution is 2.38. The van der Waals surface area contributed by atoms with Crippen LogP contribution < -0.4 is 4.90 Å². The summed E-state index contributed by atoms with van der Waals surface area (Å²) in [7, 11) is 1.77. The van der Waals surface area contributed by atoms with Crippen LogP contribution in [-0.4, -0.2) is 45.8 Å². The normalized spacial score (nSPS) is 20.3. The summed E-state index contributed by atoms with van der Waals surface area (Å²) in [5.41, 5.74) is 0.711. The predicted octanol–water partition coefficient (Wildman–Crippen LogP) is 4.46. The molecule has 0 N–H and O–H groups in total. The van der Waals surface area contributed by atoms with Crippen LogP contribution in [0.3, 0.4) is 0 Å². The van der Waals surface area contributed by atoms with E-state index in [-0.39, 0.29) is 11.9 Å². The first-order valence-corrected chi connectivity index (χ1v) is 10.1. The standard InChI is InChI=1S/C18H21BrClN5O/c1-23(16-7-4-13(19)9-15(16)20)18(26)24-8-2-3-12(10-24)17-22-21-11-25(17)14-5-6-14/h4,7,9,11-12,14H,2-3,5-6,8,10H2,1H3/t12-/m1/s1. The van der Waals surface area contributed by atoms with E-state index >= 15 is 0 Å². The molecule has 1 aromatic heterocycles. The number of rotatable bonds is 3. The Hall–Kier alpha value is -1.60. The van der Waals surface area contributed by atoms with Crippen molar-refractivity contribution in [1.82, 2.24) is 19.7 Å². The van der Waals surface area contributed by atoms with Gasteiger partial charge in [0.05, 0.1) is 10.7 Å². The Labute approximate surface area is 166 Å². The van der Waals surface area contributed by atoms with Gasteiger partial charge in [-0.15, -0.1) is 10.2 Å². The molecule has 4 rings (SSSR count). The molecule has 1 atom stereocenters. The highest BCUT2D eigenvalue weighted by molar-refractivity contribution is 9.10. The van der Waals surface area contributed by atoms with Crippen LogP contribution in [0.2, 0.25) is 5.02 Å². The third-order valence-corrected chi connectivity index (χ3v) is 5.95. The Morgan fingerprint density at radius 1 is 1.35 bits per heavy atom. The number of carbonyl (C=O) groups excluding carboxylic acids is 1. The van der Waals surface area contributed by atoms with Crippen LogP contribution in [-0.2, 0) is 0 Å². The zero-order chi connectivity index (χ0) is 18.3. The first-order valence-electron chi connectivity index (χ1n) is 8.91. The molecule has 2 heterocycles. The molecule has 8 heteroatoms. The summed E-state index contributed by atoms with van der Waals surface area (Å²) in [5, 5.41) is 9.02. The van der Waals surface area contributed by atoms with E-state index in [9.17, 15) is 4.79 Å². The van der Waals surface area contributed by atoms with E-state index in [2.05, 4.69) is 30.7 Å². The molecule has 2 aliphatic rings. The number of hydrogen-bond donors (Lipinski definition) is 0. The lowest BCUT2D eigenvalue weighted by Gasteiger charge is -2.35. The van der Waals surface area contributed by atoms with E-state index in [4.69, 9.17) is 11.6 Å². The van der Waals surface area contributed by atoms with Gasteiger partial charge >= 0.3 is 6.03 Å². The number of carbonyl (C=O) groups is 1. The second kappa shape index (κ2) is 7.19. The molecule has 138 valence electrons. The number of amides is 2. The number of hydrogen-bond acceptors (Lipinski definition) is 3. The molecule has 0 radical (unpaired) electrons. The van der Waals surface area contributed by atoms with Crippen LogP contribution in [0.5, 0.6) is 0 Å². The molecule has 2 amide bonds. The lowest BCUT2D eigenvalue weighted by Crippen LogP contribution is -2.46. The number of likely N-dealkylation sites (tertiary alicyclic amines) is 1. The number of nitrogens with zero attached hydrogens (tertiary/aromatic N) is 5. The predicted molar refractivity (Wildman–Crippen MR) is 105 cm³/mol. The largest absolute Gasteiger partial charge is 0.324 e. The van der Waals surface area contributed by atoms with E-state index < -0.39 is 0 Å². The van der Waals surface area contributed by atoms with Crippen molar-refractivity contribution in [1.29, 1.82) is 0 Å². The van der Waals surface area contributed by atoms with Gasteiger partial charge in [0, 0.05) is 36.6 Å². The monoisotopic (exact) mass is 437 g/mol. The first kappa shape index (κ1) is 17.8. The fourth-order valence-electron chi connectivity index (χ4n) is 3.61. The third-order valence-electron chi connectivity index (χ3n) is 5.16. The van der Waals surface area contributed by atoms with Gasteiger partial charge in [-0.3, -0.25) is 4.90 Å². The lowest BCUT2D eigenvalue weighted by atomic mass is 9.97. The fraction of sp³-hybridized carbons (Fsp3) is 0.500. The minimum absolute atomic E-state index is 0.0311. The summed E-state index contributed by atoms with van der Waals surface area (Å²) in [6, 6.07) is 6.07. The summed E-state index contributed by atoms with van der Waals surface area (Å²) in [6.45, 7) is 1.42. The molecule has 26 heavy (non-hydrogen) atoms. The van der Waals surface area contributed by atoms with Crippen LogP contribution in [0.25, 0.3) is 0 Å². The highest BCUT2D eigenvalue weighted by Gasteiger charge is 2.33. The van der Waals surface area contributed by atoms with Gasteiger partial charge in [0.1, 0.15) is 12.2 Å². The third kappa shape index (κ3) is 3.47. The van der Waals surface area contributed by atoms with Crippen LogP contribution >= 0.6 is 27.5 Å². The van der Waals surface area contributed by atoms with Gasteiger partial charge in [-0.05, 0) is 43.9 Å². The molecule has 2 fully saturated rings. The van der Waals surface area contributed by atoms with E-state index in [1.807, 2.05) is 23.4 Å². The zero-order valence-corrected chi connectivity index (χ0v) is 16.9. The molecule has 1 aliphatic heterocycles. The summed E-state index contributed by atoms with van der Waals surface area (Å²) in [6.07, 6.45) is 6.24. The second-order valence-electron chi connectivity index (χ2n) is 7.05. The van der Waals surface area contributed by atoms with Gasteiger partial charge in [-0.1, -0.05) is 27.5 Å². The quantitative estimate of drug-likeness (QED) is 0.711. The Balaban J connectivity index is 1.50. The Kier molecular flexibility index (Phi) is 4.92. The molecule has 0 bridgehead atoms. The second-order valence-corrected chi connectivity index (χ2v) is 8.37. The van der Waals surface area contributed by atoms with Gasteiger partial charge in [-0.2, -0.15) is 0 Å². The number of piperidine rings is 1. The molecular formula is C18H21BrClN5O. The highest BCUT2D eigenvalue weighted by atomic mass is 79.9. The van der Waals surface area contributed by atoms with Crippen molar-refractivity contribution in [2.75, 3.05) is 25.0 Å². The summed E-state index contributed by atoms with van der Waals surface area (Å²) < 4.78 is 3.10. The molecule has 1 saturated carbocycles. The molecule has 1 aliphatic carbocycles. The SMILES string of the molecule is CN(C(=O)N1CCC[C@@H](c2nncn2C2CC2)C1)c1ccc(Br)cc1Cl. The van der Waals surface area contributed by atoms with Gasteiger partial charge < -0.3 is 9.47 Å². The van der Waals surface area contributed by atoms with Crippen LogP contribution in [0.15, 0.2) is 29.0 Å². The molecule has 1 saturated heterocycles. The van der Waals surface area contributed by atoms with E-state index in [0.717, 1.165) is 29.7 Å². The van der Waals surface area contributed by atoms with Crippen molar-refractivity contribution >= 4 is 39.2 Å². The lowest BCUT2D eigenvalue weighted by molar-refractivity contribution is 0.185. The number of anilines is 1. The van der Waals surface area contributed by atoms with E-state index in [1.54, 1.807) is 18.0 Å². The average molecular weight is 439 g/mol. The van der Waals surface area contributed by atoms with Gasteiger partial charge in [-0.25, -0.2) is 4.79 Å². The van der Waals surface area contributed by atoms with E-state index in [1.165, 1.54) is 12.8 Å². The van der Waals surface area contributed by atoms with Crippen molar-refractivity contribution in [3.63, 3.8) is 0 Å². The fourth-order valence-corrected chi connectivity index (χ4v) is 4.41. The Bertz CT molecular complexity index is 822.